The van der Waals surface area contributed by atoms with E-state index in [1.165, 1.54) is 89.9 Å². The third-order valence-corrected chi connectivity index (χ3v) is 5.54. The summed E-state index contributed by atoms with van der Waals surface area (Å²) in [6.45, 7) is 3.20. The fraction of sp³-hybridized carbons (Fsp3) is 0.957. The zero-order valence-electron chi connectivity index (χ0n) is 18.6. The van der Waals surface area contributed by atoms with Crippen LogP contribution >= 0.6 is 0 Å². The van der Waals surface area contributed by atoms with Gasteiger partial charge in [0.05, 0.1) is 27.1 Å². The van der Waals surface area contributed by atoms with Gasteiger partial charge >= 0.3 is 5.91 Å². The van der Waals surface area contributed by atoms with Crippen LogP contribution < -0.4 is 24.0 Å². The predicted octanol–water partition coefficient (Wildman–Crippen LogP) is 3.24. The third-order valence-electron chi connectivity index (χ3n) is 5.54. The molecule has 164 valence electrons. The molecule has 27 heavy (non-hydrogen) atoms. The number of nitrogens with zero attached hydrogens (tertiary/aromatic N) is 1. The van der Waals surface area contributed by atoms with Crippen LogP contribution in [0.3, 0.4) is 0 Å². The highest BCUT2D eigenvalue weighted by Crippen LogP contribution is 2.14. The zero-order chi connectivity index (χ0) is 19.5. The Hall–Kier alpha value is 0.320. The first-order valence-corrected chi connectivity index (χ1v) is 11.5. The van der Waals surface area contributed by atoms with E-state index in [1.807, 2.05) is 14.1 Å². The molecule has 0 aliphatic carbocycles. The highest BCUT2D eigenvalue weighted by Gasteiger charge is 2.24. The number of rotatable bonds is 19. The van der Waals surface area contributed by atoms with Crippen LogP contribution in [0.4, 0.5) is 0 Å². The molecule has 0 aromatic rings. The van der Waals surface area contributed by atoms with E-state index in [0.717, 1.165) is 13.0 Å². The van der Waals surface area contributed by atoms with Gasteiger partial charge in [0.1, 0.15) is 0 Å². The minimum absolute atomic E-state index is 0. The van der Waals surface area contributed by atoms with Gasteiger partial charge in [-0.25, -0.2) is 4.79 Å². The molecule has 0 saturated heterocycles. The number of quaternary nitrogens is 1. The number of hydrogen-bond donors (Lipinski definition) is 1. The maximum Gasteiger partial charge on any atom is 0.313 e. The van der Waals surface area contributed by atoms with Gasteiger partial charge in [-0.1, -0.05) is 96.8 Å². The van der Waals surface area contributed by atoms with Crippen molar-refractivity contribution in [2.75, 3.05) is 27.2 Å². The molecule has 0 bridgehead atoms. The molecule has 3 nitrogen and oxygen atoms in total. The molecule has 0 spiro atoms. The van der Waals surface area contributed by atoms with Crippen molar-refractivity contribution in [3.63, 3.8) is 0 Å². The molecule has 0 atom stereocenters. The number of aliphatic hydroxyl groups excluding tert-OH is 1. The van der Waals surface area contributed by atoms with Crippen LogP contribution in [0.25, 0.3) is 0 Å². The van der Waals surface area contributed by atoms with Crippen molar-refractivity contribution in [2.24, 2.45) is 0 Å². The van der Waals surface area contributed by atoms with Gasteiger partial charge in [-0.3, -0.25) is 4.48 Å². The number of unbranched alkanes of at least 4 members (excludes halogenated alkanes) is 14. The van der Waals surface area contributed by atoms with E-state index in [2.05, 4.69) is 6.92 Å². The molecule has 0 aliphatic rings. The molecule has 0 rings (SSSR count). The Morgan fingerprint density at radius 2 is 1.04 bits per heavy atom. The van der Waals surface area contributed by atoms with E-state index in [9.17, 15) is 4.79 Å². The summed E-state index contributed by atoms with van der Waals surface area (Å²) in [5, 5.41) is 8.91. The Morgan fingerprint density at radius 1 is 0.667 bits per heavy atom. The fourth-order valence-electron chi connectivity index (χ4n) is 3.54. The minimum atomic E-state index is 0. The fourth-order valence-corrected chi connectivity index (χ4v) is 3.54. The molecule has 1 amide bonds. The molecule has 0 radical (unpaired) electrons. The van der Waals surface area contributed by atoms with Crippen molar-refractivity contribution in [1.29, 1.82) is 0 Å². The van der Waals surface area contributed by atoms with Gasteiger partial charge in [0.25, 0.3) is 0 Å². The summed E-state index contributed by atoms with van der Waals surface area (Å²) in [4.78, 5) is 12.2. The summed E-state index contributed by atoms with van der Waals surface area (Å²) >= 11 is 0. The van der Waals surface area contributed by atoms with E-state index < -0.39 is 0 Å². The highest BCUT2D eigenvalue weighted by atomic mass is 127. The van der Waals surface area contributed by atoms with Gasteiger partial charge < -0.3 is 29.1 Å². The Bertz CT molecular complexity index is 322. The van der Waals surface area contributed by atoms with E-state index in [0.29, 0.717) is 23.2 Å². The Morgan fingerprint density at radius 3 is 1.41 bits per heavy atom. The third kappa shape index (κ3) is 19.4. The molecule has 0 aromatic carbocycles. The summed E-state index contributed by atoms with van der Waals surface area (Å²) in [5.74, 6) is 0.313. The van der Waals surface area contributed by atoms with Crippen LogP contribution in [0.5, 0.6) is 0 Å². The van der Waals surface area contributed by atoms with Crippen molar-refractivity contribution in [2.45, 2.75) is 116 Å². The lowest BCUT2D eigenvalue weighted by atomic mass is 10.0. The van der Waals surface area contributed by atoms with Crippen molar-refractivity contribution < 1.29 is 38.4 Å². The zero-order valence-corrected chi connectivity index (χ0v) is 20.8. The molecular formula is C23H48INO2. The average Bonchev–Trinajstić information content (AvgIpc) is 2.63. The van der Waals surface area contributed by atoms with E-state index in [1.54, 1.807) is 0 Å². The average molecular weight is 498 g/mol. The van der Waals surface area contributed by atoms with Crippen LogP contribution in [-0.4, -0.2) is 42.7 Å². The van der Waals surface area contributed by atoms with Crippen molar-refractivity contribution in [1.82, 2.24) is 0 Å². The lowest BCUT2D eigenvalue weighted by molar-refractivity contribution is -0.814. The first-order chi connectivity index (χ1) is 12.5. The molecule has 4 heteroatoms. The number of carbonyl (C=O) groups is 1. The lowest BCUT2D eigenvalue weighted by Gasteiger charge is -2.26. The van der Waals surface area contributed by atoms with Crippen LogP contribution in [0.15, 0.2) is 0 Å². The van der Waals surface area contributed by atoms with Crippen molar-refractivity contribution in [3.8, 4) is 0 Å². The van der Waals surface area contributed by atoms with Crippen molar-refractivity contribution >= 4 is 5.91 Å². The maximum atomic E-state index is 12.2. The first-order valence-electron chi connectivity index (χ1n) is 11.5. The van der Waals surface area contributed by atoms with Gasteiger partial charge in [-0.15, -0.1) is 0 Å². The Balaban J connectivity index is 0. The molecule has 1 N–H and O–H groups in total. The molecule has 0 aliphatic heterocycles. The van der Waals surface area contributed by atoms with E-state index in [-0.39, 0.29) is 30.6 Å². The van der Waals surface area contributed by atoms with Gasteiger partial charge in [0.2, 0.25) is 0 Å². The maximum absolute atomic E-state index is 12.2. The smallest absolute Gasteiger partial charge is 0.313 e. The second-order valence-corrected chi connectivity index (χ2v) is 8.58. The first kappa shape index (κ1) is 29.5. The molecule has 0 fully saturated rings. The quantitative estimate of drug-likeness (QED) is 0.169. The van der Waals surface area contributed by atoms with E-state index in [4.69, 9.17) is 5.11 Å². The number of amides is 1. The number of aliphatic hydroxyl groups is 1. The summed E-state index contributed by atoms with van der Waals surface area (Å²) in [6.07, 6.45) is 21.7. The van der Waals surface area contributed by atoms with Crippen LogP contribution in [-0.2, 0) is 4.79 Å². The van der Waals surface area contributed by atoms with Crippen molar-refractivity contribution in [3.05, 3.63) is 0 Å². The van der Waals surface area contributed by atoms with E-state index >= 15 is 0 Å². The topological polar surface area (TPSA) is 37.3 Å². The van der Waals surface area contributed by atoms with Crippen LogP contribution in [0, 0.1) is 0 Å². The summed E-state index contributed by atoms with van der Waals surface area (Å²) in [5.41, 5.74) is 0. The number of carbonyl (C=O) groups excluding carboxylic acids is 1. The Labute approximate surface area is 187 Å². The molecule has 0 heterocycles. The Kier molecular flexibility index (Phi) is 23.0. The lowest BCUT2D eigenvalue weighted by Crippen LogP contribution is -3.00. The van der Waals surface area contributed by atoms with Gasteiger partial charge in [-0.2, -0.15) is 0 Å². The minimum Gasteiger partial charge on any atom is -1.00 e. The van der Waals surface area contributed by atoms with Gasteiger partial charge in [0.15, 0.2) is 0 Å². The molecule has 0 unspecified atom stereocenters. The predicted molar refractivity (Wildman–Crippen MR) is 113 cm³/mol. The largest absolute Gasteiger partial charge is 1.00 e. The number of halogens is 1. The second kappa shape index (κ2) is 21.0. The monoisotopic (exact) mass is 497 g/mol. The summed E-state index contributed by atoms with van der Waals surface area (Å²) < 4.78 is 0.416. The van der Waals surface area contributed by atoms with Gasteiger partial charge in [0, 0.05) is 13.0 Å². The molecular weight excluding hydrogens is 449 g/mol. The number of hydrogen-bond acceptors (Lipinski definition) is 2. The van der Waals surface area contributed by atoms with Crippen LogP contribution in [0.2, 0.25) is 0 Å². The summed E-state index contributed by atoms with van der Waals surface area (Å²) in [6, 6.07) is 0. The highest BCUT2D eigenvalue weighted by molar-refractivity contribution is 5.68. The SMILES string of the molecule is CCCCCCCCCCCCCCCCCC(=O)[N+](C)(C)CCCO.[I-]. The summed E-state index contributed by atoms with van der Waals surface area (Å²) in [7, 11) is 3.92. The van der Waals surface area contributed by atoms with Crippen LogP contribution in [0.1, 0.15) is 116 Å². The molecule has 0 saturated carbocycles. The normalized spacial score (nSPS) is 11.4. The standard InChI is InChI=1S/C23H48NO2.HI/c1-4-5-6-7-8-9-10-11-12-13-14-15-16-17-18-20-23(26)24(2,3)21-19-22-25;/h25H,4-22H2,1-3H3;1H/q+1;/p-1. The van der Waals surface area contributed by atoms with Gasteiger partial charge in [-0.05, 0) is 6.42 Å². The second-order valence-electron chi connectivity index (χ2n) is 8.58. The molecule has 0 aromatic heterocycles.